The van der Waals surface area contributed by atoms with E-state index in [1.165, 1.54) is 0 Å². The quantitative estimate of drug-likeness (QED) is 0.665. The van der Waals surface area contributed by atoms with Crippen LogP contribution in [0.25, 0.3) is 0 Å². The van der Waals surface area contributed by atoms with E-state index in [4.69, 9.17) is 9.84 Å². The Labute approximate surface area is 89.8 Å². The summed E-state index contributed by atoms with van der Waals surface area (Å²) in [6.07, 6.45) is -0.152. The molecular weight excluding hydrogens is 198 g/mol. The predicted molar refractivity (Wildman–Crippen MR) is 55.6 cm³/mol. The summed E-state index contributed by atoms with van der Waals surface area (Å²) in [5.74, 6) is -1.54. The molecule has 15 heavy (non-hydrogen) atoms. The lowest BCUT2D eigenvalue weighted by atomic mass is 10.1. The number of carbonyl (C=O) groups is 2. The summed E-state index contributed by atoms with van der Waals surface area (Å²) in [6, 6.07) is -0.871. The second-order valence-corrected chi connectivity index (χ2v) is 4.24. The van der Waals surface area contributed by atoms with Gasteiger partial charge in [0.2, 0.25) is 0 Å². The fourth-order valence-corrected chi connectivity index (χ4v) is 1.04. The maximum Gasteiger partial charge on any atom is 0.321 e. The highest BCUT2D eigenvalue weighted by atomic mass is 16.6. The van der Waals surface area contributed by atoms with Crippen LogP contribution in [-0.4, -0.2) is 35.2 Å². The summed E-state index contributed by atoms with van der Waals surface area (Å²) >= 11 is 0. The van der Waals surface area contributed by atoms with Crippen LogP contribution < -0.4 is 5.32 Å². The molecule has 5 heteroatoms. The van der Waals surface area contributed by atoms with Crippen LogP contribution in [0.3, 0.4) is 0 Å². The van der Waals surface area contributed by atoms with E-state index in [1.54, 1.807) is 27.7 Å². The minimum atomic E-state index is -1.04. The van der Waals surface area contributed by atoms with Gasteiger partial charge in [0.25, 0.3) is 0 Å². The first-order chi connectivity index (χ1) is 6.76. The maximum atomic E-state index is 11.3. The van der Waals surface area contributed by atoms with E-state index in [9.17, 15) is 9.59 Å². The highest BCUT2D eigenvalue weighted by Gasteiger charge is 2.24. The normalized spacial score (nSPS) is 13.3. The SMILES string of the molecule is CCNC(CC(=O)OC(C)(C)C)C(=O)O. The van der Waals surface area contributed by atoms with Crippen LogP contribution in [0.15, 0.2) is 0 Å². The second-order valence-electron chi connectivity index (χ2n) is 4.24. The van der Waals surface area contributed by atoms with Crippen molar-refractivity contribution >= 4 is 11.9 Å². The zero-order chi connectivity index (χ0) is 12.1. The largest absolute Gasteiger partial charge is 0.480 e. The Morgan fingerprint density at radius 2 is 1.93 bits per heavy atom. The van der Waals surface area contributed by atoms with Gasteiger partial charge in [0, 0.05) is 0 Å². The number of carboxylic acid groups (broad SMARTS) is 1. The molecule has 0 rings (SSSR count). The zero-order valence-electron chi connectivity index (χ0n) is 9.66. The van der Waals surface area contributed by atoms with Crippen LogP contribution in [0.5, 0.6) is 0 Å². The third kappa shape index (κ3) is 6.90. The van der Waals surface area contributed by atoms with Gasteiger partial charge in [0.05, 0.1) is 6.42 Å². The molecule has 0 aliphatic rings. The van der Waals surface area contributed by atoms with Gasteiger partial charge in [-0.25, -0.2) is 0 Å². The first kappa shape index (κ1) is 13.9. The van der Waals surface area contributed by atoms with E-state index in [0.29, 0.717) is 6.54 Å². The average Bonchev–Trinajstić information content (AvgIpc) is 1.99. The molecule has 0 aromatic heterocycles. The van der Waals surface area contributed by atoms with Crippen molar-refractivity contribution in [1.29, 1.82) is 0 Å². The Bertz CT molecular complexity index is 232. The lowest BCUT2D eigenvalue weighted by molar-refractivity contribution is -0.158. The van der Waals surface area contributed by atoms with Crippen molar-refractivity contribution in [1.82, 2.24) is 5.32 Å². The standard InChI is InChI=1S/C10H19NO4/c1-5-11-7(9(13)14)6-8(12)15-10(2,3)4/h7,11H,5-6H2,1-4H3,(H,13,14). The van der Waals surface area contributed by atoms with Crippen molar-refractivity contribution in [3.8, 4) is 0 Å². The topological polar surface area (TPSA) is 75.6 Å². The molecule has 0 aromatic rings. The van der Waals surface area contributed by atoms with Crippen LogP contribution in [-0.2, 0) is 14.3 Å². The monoisotopic (exact) mass is 217 g/mol. The van der Waals surface area contributed by atoms with Gasteiger partial charge < -0.3 is 15.2 Å². The van der Waals surface area contributed by atoms with Crippen LogP contribution in [0.2, 0.25) is 0 Å². The van der Waals surface area contributed by atoms with Gasteiger partial charge in [-0.1, -0.05) is 6.92 Å². The molecule has 0 bridgehead atoms. The number of aliphatic carboxylic acids is 1. The van der Waals surface area contributed by atoms with E-state index < -0.39 is 23.6 Å². The molecule has 1 unspecified atom stereocenters. The molecule has 88 valence electrons. The van der Waals surface area contributed by atoms with Gasteiger partial charge in [-0.2, -0.15) is 0 Å². The Morgan fingerprint density at radius 1 is 1.40 bits per heavy atom. The van der Waals surface area contributed by atoms with Crippen molar-refractivity contribution < 1.29 is 19.4 Å². The van der Waals surface area contributed by atoms with Crippen LogP contribution in [0, 0.1) is 0 Å². The number of ether oxygens (including phenoxy) is 1. The smallest absolute Gasteiger partial charge is 0.321 e. The fraction of sp³-hybridized carbons (Fsp3) is 0.800. The number of hydrogen-bond acceptors (Lipinski definition) is 4. The summed E-state index contributed by atoms with van der Waals surface area (Å²) in [5, 5.41) is 11.5. The fourth-order valence-electron chi connectivity index (χ4n) is 1.04. The third-order valence-corrected chi connectivity index (χ3v) is 1.54. The second kappa shape index (κ2) is 5.70. The van der Waals surface area contributed by atoms with Gasteiger partial charge in [-0.05, 0) is 27.3 Å². The van der Waals surface area contributed by atoms with Crippen molar-refractivity contribution in [3.63, 3.8) is 0 Å². The molecule has 0 amide bonds. The lowest BCUT2D eigenvalue weighted by Gasteiger charge is -2.21. The number of rotatable bonds is 5. The number of nitrogens with one attached hydrogen (secondary N) is 1. The van der Waals surface area contributed by atoms with Gasteiger partial charge in [0.15, 0.2) is 0 Å². The Hall–Kier alpha value is -1.10. The summed E-state index contributed by atoms with van der Waals surface area (Å²) in [6.45, 7) is 7.51. The molecule has 0 spiro atoms. The molecule has 5 nitrogen and oxygen atoms in total. The minimum Gasteiger partial charge on any atom is -0.480 e. The molecule has 0 aromatic carbocycles. The predicted octanol–water partition coefficient (Wildman–Crippen LogP) is 0.781. The molecule has 0 aliphatic heterocycles. The van der Waals surface area contributed by atoms with Crippen molar-refractivity contribution in [2.75, 3.05) is 6.54 Å². The van der Waals surface area contributed by atoms with E-state index in [2.05, 4.69) is 5.32 Å². The molecule has 0 saturated carbocycles. The van der Waals surface area contributed by atoms with Gasteiger partial charge in [0.1, 0.15) is 11.6 Å². The maximum absolute atomic E-state index is 11.3. The highest BCUT2D eigenvalue weighted by molar-refractivity contribution is 5.81. The van der Waals surface area contributed by atoms with Crippen LogP contribution >= 0.6 is 0 Å². The van der Waals surface area contributed by atoms with E-state index in [-0.39, 0.29) is 6.42 Å². The summed E-state index contributed by atoms with van der Waals surface area (Å²) < 4.78 is 5.02. The summed E-state index contributed by atoms with van der Waals surface area (Å²) in [4.78, 5) is 22.0. The van der Waals surface area contributed by atoms with Crippen molar-refractivity contribution in [2.45, 2.75) is 45.8 Å². The molecule has 0 fully saturated rings. The molecule has 0 radical (unpaired) electrons. The molecule has 2 N–H and O–H groups in total. The Balaban J connectivity index is 4.18. The number of likely N-dealkylation sites (N-methyl/N-ethyl adjacent to an activating group) is 1. The van der Waals surface area contributed by atoms with Gasteiger partial charge in [-0.15, -0.1) is 0 Å². The number of carboxylic acids is 1. The van der Waals surface area contributed by atoms with Crippen LogP contribution in [0.1, 0.15) is 34.1 Å². The molecule has 1 atom stereocenters. The van der Waals surface area contributed by atoms with Crippen molar-refractivity contribution in [3.05, 3.63) is 0 Å². The number of esters is 1. The van der Waals surface area contributed by atoms with Gasteiger partial charge >= 0.3 is 11.9 Å². The first-order valence-electron chi connectivity index (χ1n) is 4.94. The van der Waals surface area contributed by atoms with Crippen molar-refractivity contribution in [2.24, 2.45) is 0 Å². The van der Waals surface area contributed by atoms with E-state index >= 15 is 0 Å². The molecule has 0 saturated heterocycles. The summed E-state index contributed by atoms with van der Waals surface area (Å²) in [5.41, 5.74) is -0.577. The minimum absolute atomic E-state index is 0.152. The molecule has 0 aliphatic carbocycles. The first-order valence-corrected chi connectivity index (χ1v) is 4.94. The third-order valence-electron chi connectivity index (χ3n) is 1.54. The Morgan fingerprint density at radius 3 is 2.27 bits per heavy atom. The number of hydrogen-bond donors (Lipinski definition) is 2. The van der Waals surface area contributed by atoms with Crippen LogP contribution in [0.4, 0.5) is 0 Å². The summed E-state index contributed by atoms with van der Waals surface area (Å²) in [7, 11) is 0. The van der Waals surface area contributed by atoms with Gasteiger partial charge in [-0.3, -0.25) is 9.59 Å². The van der Waals surface area contributed by atoms with E-state index in [0.717, 1.165) is 0 Å². The lowest BCUT2D eigenvalue weighted by Crippen LogP contribution is -2.39. The average molecular weight is 217 g/mol. The molecular formula is C10H19NO4. The van der Waals surface area contributed by atoms with E-state index in [1.807, 2.05) is 0 Å². The number of carbonyl (C=O) groups excluding carboxylic acids is 1. The highest BCUT2D eigenvalue weighted by Crippen LogP contribution is 2.09. The Kier molecular flexibility index (Phi) is 5.28. The zero-order valence-corrected chi connectivity index (χ0v) is 9.66. The molecule has 0 heterocycles.